The minimum absolute atomic E-state index is 0.460. The van der Waals surface area contributed by atoms with E-state index in [9.17, 15) is 9.59 Å². The highest BCUT2D eigenvalue weighted by Crippen LogP contribution is 2.21. The van der Waals surface area contributed by atoms with Crippen LogP contribution in [0.15, 0.2) is 0 Å². The zero-order chi connectivity index (χ0) is 13.1. The van der Waals surface area contributed by atoms with E-state index in [2.05, 4.69) is 10.3 Å². The van der Waals surface area contributed by atoms with E-state index in [1.165, 1.54) is 16.2 Å². The first-order valence-electron chi connectivity index (χ1n) is 5.70. The van der Waals surface area contributed by atoms with Crippen LogP contribution in [-0.2, 0) is 14.3 Å². The third-order valence-electron chi connectivity index (χ3n) is 2.74. The number of aromatic nitrogens is 1. The van der Waals surface area contributed by atoms with Crippen molar-refractivity contribution in [2.75, 3.05) is 31.6 Å². The van der Waals surface area contributed by atoms with Crippen LogP contribution in [0, 0.1) is 13.8 Å². The Kier molecular flexibility index (Phi) is 3.93. The summed E-state index contributed by atoms with van der Waals surface area (Å²) < 4.78 is 5.13. The number of hydrogen-bond acceptors (Lipinski definition) is 5. The summed E-state index contributed by atoms with van der Waals surface area (Å²) in [4.78, 5) is 30.3. The van der Waals surface area contributed by atoms with Crippen LogP contribution >= 0.6 is 11.3 Å². The molecule has 2 rings (SSSR count). The van der Waals surface area contributed by atoms with Gasteiger partial charge in [-0.05, 0) is 13.8 Å². The Labute approximate surface area is 109 Å². The lowest BCUT2D eigenvalue weighted by Gasteiger charge is -2.25. The number of carbonyl (C=O) groups excluding carboxylic acids is 2. The van der Waals surface area contributed by atoms with Crippen molar-refractivity contribution in [1.82, 2.24) is 9.88 Å². The molecule has 0 radical (unpaired) electrons. The largest absolute Gasteiger partial charge is 0.378 e. The third kappa shape index (κ3) is 2.85. The average molecular weight is 269 g/mol. The van der Waals surface area contributed by atoms with Crippen LogP contribution in [-0.4, -0.2) is 48.0 Å². The van der Waals surface area contributed by atoms with E-state index in [1.807, 2.05) is 13.8 Å². The van der Waals surface area contributed by atoms with Gasteiger partial charge in [-0.2, -0.15) is 0 Å². The molecule has 2 amide bonds. The molecule has 98 valence electrons. The smallest absolute Gasteiger partial charge is 0.315 e. The van der Waals surface area contributed by atoms with Gasteiger partial charge in [0.1, 0.15) is 0 Å². The maximum absolute atomic E-state index is 11.8. The number of carbonyl (C=O) groups is 2. The Hall–Kier alpha value is -1.47. The van der Waals surface area contributed by atoms with Crippen molar-refractivity contribution >= 4 is 28.3 Å². The molecule has 0 aliphatic carbocycles. The Morgan fingerprint density at radius 1 is 1.33 bits per heavy atom. The van der Waals surface area contributed by atoms with Gasteiger partial charge in [-0.15, -0.1) is 11.3 Å². The molecule has 2 heterocycles. The molecule has 1 aromatic rings. The summed E-state index contributed by atoms with van der Waals surface area (Å²) in [5.41, 5.74) is 0.870. The number of aryl methyl sites for hydroxylation is 2. The summed E-state index contributed by atoms with van der Waals surface area (Å²) in [6.45, 7) is 5.67. The van der Waals surface area contributed by atoms with Gasteiger partial charge in [0.15, 0.2) is 5.13 Å². The van der Waals surface area contributed by atoms with Crippen LogP contribution in [0.1, 0.15) is 10.6 Å². The lowest BCUT2D eigenvalue weighted by atomic mass is 10.4. The van der Waals surface area contributed by atoms with Gasteiger partial charge in [-0.1, -0.05) is 0 Å². The predicted molar refractivity (Wildman–Crippen MR) is 67.6 cm³/mol. The molecule has 1 aromatic heterocycles. The van der Waals surface area contributed by atoms with E-state index in [0.717, 1.165) is 10.6 Å². The van der Waals surface area contributed by atoms with Crippen molar-refractivity contribution in [2.24, 2.45) is 0 Å². The number of morpholine rings is 1. The third-order valence-corrected chi connectivity index (χ3v) is 3.73. The van der Waals surface area contributed by atoms with Crippen molar-refractivity contribution in [3.05, 3.63) is 10.6 Å². The predicted octanol–water partition coefficient (Wildman–Crippen LogP) is 0.557. The van der Waals surface area contributed by atoms with Gasteiger partial charge in [0.25, 0.3) is 0 Å². The first kappa shape index (κ1) is 13.0. The van der Waals surface area contributed by atoms with Crippen molar-refractivity contribution in [3.8, 4) is 0 Å². The van der Waals surface area contributed by atoms with Crippen LogP contribution in [0.3, 0.4) is 0 Å². The standard InChI is InChI=1S/C11H15N3O3S/c1-7-8(2)18-11(12-7)13-9(15)10(16)14-3-5-17-6-4-14/h3-6H2,1-2H3,(H,12,13,15). The molecule has 6 nitrogen and oxygen atoms in total. The summed E-state index contributed by atoms with van der Waals surface area (Å²) in [6.07, 6.45) is 0. The summed E-state index contributed by atoms with van der Waals surface area (Å²) in [5.74, 6) is -1.16. The normalized spacial score (nSPS) is 15.6. The number of amides is 2. The van der Waals surface area contributed by atoms with Crippen molar-refractivity contribution in [2.45, 2.75) is 13.8 Å². The zero-order valence-electron chi connectivity index (χ0n) is 10.4. The monoisotopic (exact) mass is 269 g/mol. The zero-order valence-corrected chi connectivity index (χ0v) is 11.2. The number of nitrogens with one attached hydrogen (secondary N) is 1. The molecule has 1 aliphatic heterocycles. The minimum Gasteiger partial charge on any atom is -0.378 e. The van der Waals surface area contributed by atoms with E-state index in [1.54, 1.807) is 0 Å². The molecule has 1 aliphatic rings. The number of anilines is 1. The Morgan fingerprint density at radius 2 is 2.00 bits per heavy atom. The highest BCUT2D eigenvalue weighted by molar-refractivity contribution is 7.15. The second-order valence-electron chi connectivity index (χ2n) is 4.02. The summed E-state index contributed by atoms with van der Waals surface area (Å²) in [5, 5.41) is 3.01. The summed E-state index contributed by atoms with van der Waals surface area (Å²) in [7, 11) is 0. The molecule has 18 heavy (non-hydrogen) atoms. The van der Waals surface area contributed by atoms with Crippen LogP contribution in [0.25, 0.3) is 0 Å². The van der Waals surface area contributed by atoms with Crippen molar-refractivity contribution in [3.63, 3.8) is 0 Å². The topological polar surface area (TPSA) is 71.5 Å². The number of rotatable bonds is 1. The van der Waals surface area contributed by atoms with E-state index in [4.69, 9.17) is 4.74 Å². The van der Waals surface area contributed by atoms with E-state index < -0.39 is 11.8 Å². The second kappa shape index (κ2) is 5.45. The second-order valence-corrected chi connectivity index (χ2v) is 5.22. The summed E-state index contributed by atoms with van der Waals surface area (Å²) >= 11 is 1.37. The van der Waals surface area contributed by atoms with Crippen LogP contribution in [0.4, 0.5) is 5.13 Å². The minimum atomic E-state index is -0.634. The molecule has 0 atom stereocenters. The maximum atomic E-state index is 11.8. The molecule has 0 spiro atoms. The average Bonchev–Trinajstić information content (AvgIpc) is 2.68. The van der Waals surface area contributed by atoms with E-state index >= 15 is 0 Å². The summed E-state index contributed by atoms with van der Waals surface area (Å²) in [6, 6.07) is 0. The Balaban J connectivity index is 1.96. The molecular formula is C11H15N3O3S. The molecule has 0 unspecified atom stereocenters. The van der Waals surface area contributed by atoms with Crippen LogP contribution in [0.5, 0.6) is 0 Å². The van der Waals surface area contributed by atoms with E-state index in [-0.39, 0.29) is 0 Å². The Bertz CT molecular complexity index is 447. The highest BCUT2D eigenvalue weighted by atomic mass is 32.1. The van der Waals surface area contributed by atoms with Gasteiger partial charge >= 0.3 is 11.8 Å². The quantitative estimate of drug-likeness (QED) is 0.756. The lowest BCUT2D eigenvalue weighted by molar-refractivity contribution is -0.145. The first-order valence-corrected chi connectivity index (χ1v) is 6.51. The lowest BCUT2D eigenvalue weighted by Crippen LogP contribution is -2.45. The maximum Gasteiger partial charge on any atom is 0.315 e. The van der Waals surface area contributed by atoms with Crippen molar-refractivity contribution < 1.29 is 14.3 Å². The number of hydrogen-bond donors (Lipinski definition) is 1. The molecule has 1 fully saturated rings. The van der Waals surface area contributed by atoms with Gasteiger partial charge in [0.2, 0.25) is 0 Å². The molecule has 7 heteroatoms. The SMILES string of the molecule is Cc1nc(NC(=O)C(=O)N2CCOCC2)sc1C. The first-order chi connectivity index (χ1) is 8.58. The highest BCUT2D eigenvalue weighted by Gasteiger charge is 2.24. The molecule has 0 aromatic carbocycles. The fourth-order valence-corrected chi connectivity index (χ4v) is 2.40. The molecule has 1 N–H and O–H groups in total. The molecule has 0 saturated carbocycles. The fourth-order valence-electron chi connectivity index (χ4n) is 1.59. The Morgan fingerprint density at radius 3 is 2.56 bits per heavy atom. The van der Waals surface area contributed by atoms with Gasteiger partial charge in [-0.25, -0.2) is 4.98 Å². The van der Waals surface area contributed by atoms with Gasteiger partial charge in [-0.3, -0.25) is 14.9 Å². The molecule has 0 bridgehead atoms. The number of nitrogens with zero attached hydrogens (tertiary/aromatic N) is 2. The fraction of sp³-hybridized carbons (Fsp3) is 0.545. The van der Waals surface area contributed by atoms with Crippen LogP contribution < -0.4 is 5.32 Å². The van der Waals surface area contributed by atoms with Crippen LogP contribution in [0.2, 0.25) is 0 Å². The van der Waals surface area contributed by atoms with Crippen molar-refractivity contribution in [1.29, 1.82) is 0 Å². The molecule has 1 saturated heterocycles. The molecular weight excluding hydrogens is 254 g/mol. The van der Waals surface area contributed by atoms with Gasteiger partial charge in [0, 0.05) is 18.0 Å². The van der Waals surface area contributed by atoms with Gasteiger partial charge < -0.3 is 9.64 Å². The van der Waals surface area contributed by atoms with E-state index in [0.29, 0.717) is 31.4 Å². The number of thiazole rings is 1. The van der Waals surface area contributed by atoms with Gasteiger partial charge in [0.05, 0.1) is 18.9 Å². The number of ether oxygens (including phenoxy) is 1.